The van der Waals surface area contributed by atoms with E-state index in [2.05, 4.69) is 43.0 Å². The van der Waals surface area contributed by atoms with E-state index in [0.29, 0.717) is 0 Å². The van der Waals surface area contributed by atoms with Crippen LogP contribution in [0.25, 0.3) is 0 Å². The van der Waals surface area contributed by atoms with Crippen LogP contribution in [0.4, 0.5) is 0 Å². The summed E-state index contributed by atoms with van der Waals surface area (Å²) in [6.45, 7) is 6.92. The zero-order chi connectivity index (χ0) is 13.9. The Morgan fingerprint density at radius 3 is 2.63 bits per heavy atom. The van der Waals surface area contributed by atoms with Crippen molar-refractivity contribution in [3.05, 3.63) is 35.9 Å². The van der Waals surface area contributed by atoms with Crippen LogP contribution in [-0.2, 0) is 11.2 Å². The lowest BCUT2D eigenvalue weighted by molar-refractivity contribution is -0.149. The van der Waals surface area contributed by atoms with Crippen LogP contribution in [0.1, 0.15) is 25.8 Å². The number of carboxylic acid groups (broad SMARTS) is 1. The molecule has 1 heterocycles. The van der Waals surface area contributed by atoms with Crippen molar-refractivity contribution in [3.63, 3.8) is 0 Å². The number of carbonyl (C=O) groups is 1. The number of piperidine rings is 1. The van der Waals surface area contributed by atoms with E-state index in [9.17, 15) is 9.90 Å². The summed E-state index contributed by atoms with van der Waals surface area (Å²) in [6.07, 6.45) is 1.80. The van der Waals surface area contributed by atoms with Gasteiger partial charge in [-0.05, 0) is 30.4 Å². The van der Waals surface area contributed by atoms with Gasteiger partial charge in [-0.2, -0.15) is 0 Å². The van der Waals surface area contributed by atoms with Gasteiger partial charge in [-0.3, -0.25) is 4.79 Å². The summed E-state index contributed by atoms with van der Waals surface area (Å²) in [5, 5.41) is 9.25. The SMILES string of the molecule is CC1(C)CN(CCc2ccccc2)CCC1C(=O)O. The van der Waals surface area contributed by atoms with E-state index < -0.39 is 5.97 Å². The van der Waals surface area contributed by atoms with Gasteiger partial charge in [0, 0.05) is 13.1 Å². The second-order valence-corrected chi connectivity index (χ2v) is 6.18. The lowest BCUT2D eigenvalue weighted by atomic mass is 9.74. The highest BCUT2D eigenvalue weighted by molar-refractivity contribution is 5.71. The van der Waals surface area contributed by atoms with Crippen LogP contribution in [0.3, 0.4) is 0 Å². The predicted octanol–water partition coefficient (Wildman–Crippen LogP) is 2.66. The van der Waals surface area contributed by atoms with Gasteiger partial charge in [-0.25, -0.2) is 0 Å². The normalized spacial score (nSPS) is 23.2. The van der Waals surface area contributed by atoms with Crippen molar-refractivity contribution in [3.8, 4) is 0 Å². The molecule has 1 atom stereocenters. The third-order valence-electron chi connectivity index (χ3n) is 4.17. The first-order valence-corrected chi connectivity index (χ1v) is 6.98. The fourth-order valence-corrected chi connectivity index (χ4v) is 3.05. The van der Waals surface area contributed by atoms with Gasteiger partial charge in [0.15, 0.2) is 0 Å². The molecule has 0 saturated carbocycles. The molecule has 0 spiro atoms. The Hall–Kier alpha value is -1.35. The summed E-state index contributed by atoms with van der Waals surface area (Å²) in [6, 6.07) is 10.5. The van der Waals surface area contributed by atoms with E-state index >= 15 is 0 Å². The Bertz CT molecular complexity index is 428. The van der Waals surface area contributed by atoms with Gasteiger partial charge in [-0.1, -0.05) is 44.2 Å². The molecule has 1 aliphatic heterocycles. The molecule has 1 saturated heterocycles. The predicted molar refractivity (Wildman–Crippen MR) is 76.1 cm³/mol. The molecule has 1 fully saturated rings. The molecule has 1 aromatic carbocycles. The Balaban J connectivity index is 1.89. The number of benzene rings is 1. The summed E-state index contributed by atoms with van der Waals surface area (Å²) < 4.78 is 0. The Morgan fingerprint density at radius 2 is 2.05 bits per heavy atom. The lowest BCUT2D eigenvalue weighted by Gasteiger charge is -2.42. The van der Waals surface area contributed by atoms with Gasteiger partial charge in [0.25, 0.3) is 0 Å². The zero-order valence-corrected chi connectivity index (χ0v) is 11.8. The zero-order valence-electron chi connectivity index (χ0n) is 11.8. The molecule has 1 aliphatic rings. The molecular formula is C16H23NO2. The molecule has 19 heavy (non-hydrogen) atoms. The Kier molecular flexibility index (Phi) is 4.25. The van der Waals surface area contributed by atoms with E-state index in [0.717, 1.165) is 32.5 Å². The maximum Gasteiger partial charge on any atom is 0.307 e. The standard InChI is InChI=1S/C16H23NO2/c1-16(2)12-17(11-9-14(16)15(18)19)10-8-13-6-4-3-5-7-13/h3-7,14H,8-12H2,1-2H3,(H,18,19). The van der Waals surface area contributed by atoms with Crippen LogP contribution in [0.2, 0.25) is 0 Å². The van der Waals surface area contributed by atoms with Crippen LogP contribution >= 0.6 is 0 Å². The van der Waals surface area contributed by atoms with E-state index in [-0.39, 0.29) is 11.3 Å². The van der Waals surface area contributed by atoms with Crippen molar-refractivity contribution in [1.82, 2.24) is 4.90 Å². The van der Waals surface area contributed by atoms with E-state index in [1.54, 1.807) is 0 Å². The fraction of sp³-hybridized carbons (Fsp3) is 0.562. The molecule has 104 valence electrons. The monoisotopic (exact) mass is 261 g/mol. The summed E-state index contributed by atoms with van der Waals surface area (Å²) >= 11 is 0. The first-order chi connectivity index (χ1) is 8.99. The van der Waals surface area contributed by atoms with Crippen LogP contribution < -0.4 is 0 Å². The van der Waals surface area contributed by atoms with Crippen LogP contribution in [0, 0.1) is 11.3 Å². The largest absolute Gasteiger partial charge is 0.481 e. The van der Waals surface area contributed by atoms with E-state index in [1.807, 2.05) is 6.07 Å². The van der Waals surface area contributed by atoms with E-state index in [4.69, 9.17) is 0 Å². The minimum Gasteiger partial charge on any atom is -0.481 e. The summed E-state index contributed by atoms with van der Waals surface area (Å²) in [5.74, 6) is -0.854. The molecule has 1 unspecified atom stereocenters. The van der Waals surface area contributed by atoms with E-state index in [1.165, 1.54) is 5.56 Å². The molecule has 1 N–H and O–H groups in total. The van der Waals surface area contributed by atoms with Crippen LogP contribution in [0.5, 0.6) is 0 Å². The first kappa shape index (κ1) is 14.1. The van der Waals surface area contributed by atoms with Gasteiger partial charge in [0.05, 0.1) is 5.92 Å². The number of likely N-dealkylation sites (tertiary alicyclic amines) is 1. The fourth-order valence-electron chi connectivity index (χ4n) is 3.05. The number of carboxylic acids is 1. The molecule has 0 aliphatic carbocycles. The lowest BCUT2D eigenvalue weighted by Crippen LogP contribution is -2.48. The molecule has 0 radical (unpaired) electrons. The molecule has 3 heteroatoms. The maximum atomic E-state index is 11.2. The third kappa shape index (κ3) is 3.57. The minimum atomic E-state index is -0.646. The molecule has 0 aromatic heterocycles. The van der Waals surface area contributed by atoms with Crippen molar-refractivity contribution >= 4 is 5.97 Å². The molecule has 0 amide bonds. The minimum absolute atomic E-state index is 0.138. The van der Waals surface area contributed by atoms with Crippen molar-refractivity contribution < 1.29 is 9.90 Å². The highest BCUT2D eigenvalue weighted by atomic mass is 16.4. The van der Waals surface area contributed by atoms with Gasteiger partial charge in [0.1, 0.15) is 0 Å². The quantitative estimate of drug-likeness (QED) is 0.906. The number of nitrogens with zero attached hydrogens (tertiary/aromatic N) is 1. The Morgan fingerprint density at radius 1 is 1.37 bits per heavy atom. The maximum absolute atomic E-state index is 11.2. The number of rotatable bonds is 4. The van der Waals surface area contributed by atoms with Gasteiger partial charge in [-0.15, -0.1) is 0 Å². The van der Waals surface area contributed by atoms with Crippen molar-refractivity contribution in [2.75, 3.05) is 19.6 Å². The number of hydrogen-bond acceptors (Lipinski definition) is 2. The average molecular weight is 261 g/mol. The smallest absolute Gasteiger partial charge is 0.307 e. The highest BCUT2D eigenvalue weighted by Crippen LogP contribution is 2.34. The topological polar surface area (TPSA) is 40.5 Å². The molecule has 0 bridgehead atoms. The third-order valence-corrected chi connectivity index (χ3v) is 4.17. The molecule has 2 rings (SSSR count). The summed E-state index contributed by atoms with van der Waals surface area (Å²) in [5.41, 5.74) is 1.21. The number of aliphatic carboxylic acids is 1. The average Bonchev–Trinajstić information content (AvgIpc) is 2.36. The second kappa shape index (κ2) is 5.74. The number of hydrogen-bond donors (Lipinski definition) is 1. The van der Waals surface area contributed by atoms with Crippen molar-refractivity contribution in [2.24, 2.45) is 11.3 Å². The first-order valence-electron chi connectivity index (χ1n) is 6.98. The summed E-state index contributed by atoms with van der Waals surface area (Å²) in [7, 11) is 0. The van der Waals surface area contributed by atoms with Crippen molar-refractivity contribution in [1.29, 1.82) is 0 Å². The second-order valence-electron chi connectivity index (χ2n) is 6.18. The molecular weight excluding hydrogens is 238 g/mol. The van der Waals surface area contributed by atoms with Gasteiger partial charge < -0.3 is 10.0 Å². The molecule has 3 nitrogen and oxygen atoms in total. The molecule has 1 aromatic rings. The van der Waals surface area contributed by atoms with Gasteiger partial charge >= 0.3 is 5.97 Å². The summed E-state index contributed by atoms with van der Waals surface area (Å²) in [4.78, 5) is 13.6. The van der Waals surface area contributed by atoms with Gasteiger partial charge in [0.2, 0.25) is 0 Å². The highest BCUT2D eigenvalue weighted by Gasteiger charge is 2.39. The van der Waals surface area contributed by atoms with Crippen molar-refractivity contribution in [2.45, 2.75) is 26.7 Å². The van der Waals surface area contributed by atoms with Crippen LogP contribution in [0.15, 0.2) is 30.3 Å². The Labute approximate surface area is 115 Å². The van der Waals surface area contributed by atoms with Crippen LogP contribution in [-0.4, -0.2) is 35.6 Å².